The fourth-order valence-electron chi connectivity index (χ4n) is 2.13. The highest BCUT2D eigenvalue weighted by Gasteiger charge is 2.20. The van der Waals surface area contributed by atoms with Crippen LogP contribution in [0, 0.1) is 0 Å². The number of rotatable bonds is 6. The minimum Gasteiger partial charge on any atom is -0.325 e. The fourth-order valence-corrected chi connectivity index (χ4v) is 2.89. The number of carbonyl (C=O) groups is 1. The maximum atomic E-state index is 12.0. The molecule has 104 valence electrons. The lowest BCUT2D eigenvalue weighted by molar-refractivity contribution is -0.116. The Morgan fingerprint density at radius 2 is 2.05 bits per heavy atom. The molecule has 1 saturated carbocycles. The number of hydrogen-bond acceptors (Lipinski definition) is 3. The maximum Gasteiger partial charge on any atom is 0.225 e. The van der Waals surface area contributed by atoms with E-state index in [1.165, 1.54) is 17.7 Å². The largest absolute Gasteiger partial charge is 0.325 e. The van der Waals surface area contributed by atoms with Crippen LogP contribution in [0.25, 0.3) is 10.4 Å². The number of amides is 1. The molecular formula is C16H18N2OS. The highest BCUT2D eigenvalue weighted by molar-refractivity contribution is 7.13. The van der Waals surface area contributed by atoms with Crippen molar-refractivity contribution in [2.24, 2.45) is 0 Å². The van der Waals surface area contributed by atoms with E-state index in [-0.39, 0.29) is 5.91 Å². The van der Waals surface area contributed by atoms with Gasteiger partial charge in [0.25, 0.3) is 0 Å². The number of anilines is 1. The first-order valence-electron chi connectivity index (χ1n) is 6.99. The van der Waals surface area contributed by atoms with Crippen molar-refractivity contribution in [1.29, 1.82) is 0 Å². The first-order chi connectivity index (χ1) is 9.83. The zero-order chi connectivity index (χ0) is 13.8. The summed E-state index contributed by atoms with van der Waals surface area (Å²) in [6, 6.07) is 12.7. The molecule has 0 aliphatic heterocycles. The van der Waals surface area contributed by atoms with Crippen molar-refractivity contribution in [3.05, 3.63) is 41.8 Å². The lowest BCUT2D eigenvalue weighted by Gasteiger charge is -2.10. The number of benzene rings is 1. The van der Waals surface area contributed by atoms with Crippen molar-refractivity contribution >= 4 is 22.9 Å². The van der Waals surface area contributed by atoms with Crippen LogP contribution in [0.5, 0.6) is 0 Å². The molecule has 1 heterocycles. The first-order valence-corrected chi connectivity index (χ1v) is 7.87. The molecule has 1 amide bonds. The summed E-state index contributed by atoms with van der Waals surface area (Å²) in [5.74, 6) is 0.0714. The second-order valence-corrected chi connectivity index (χ2v) is 6.00. The Bertz CT molecular complexity index is 576. The topological polar surface area (TPSA) is 41.1 Å². The number of nitrogens with one attached hydrogen (secondary N) is 2. The third-order valence-corrected chi connectivity index (χ3v) is 4.25. The van der Waals surface area contributed by atoms with E-state index in [1.54, 1.807) is 11.3 Å². The summed E-state index contributed by atoms with van der Waals surface area (Å²) in [4.78, 5) is 13.2. The molecule has 0 bridgehead atoms. The molecule has 1 aliphatic rings. The monoisotopic (exact) mass is 286 g/mol. The molecule has 0 atom stereocenters. The zero-order valence-corrected chi connectivity index (χ0v) is 12.1. The van der Waals surface area contributed by atoms with Crippen LogP contribution in [0.2, 0.25) is 0 Å². The normalized spacial score (nSPS) is 14.2. The molecule has 4 heteroatoms. The molecule has 1 aromatic carbocycles. The minimum atomic E-state index is 0.0714. The molecule has 1 aromatic heterocycles. The number of carbonyl (C=O) groups excluding carboxylic acids is 1. The quantitative estimate of drug-likeness (QED) is 0.853. The number of hydrogen-bond donors (Lipinski definition) is 2. The fraction of sp³-hybridized carbons (Fsp3) is 0.312. The molecule has 1 aliphatic carbocycles. The van der Waals surface area contributed by atoms with Crippen LogP contribution in [-0.4, -0.2) is 18.5 Å². The van der Waals surface area contributed by atoms with E-state index in [9.17, 15) is 4.79 Å². The van der Waals surface area contributed by atoms with Gasteiger partial charge in [0.05, 0.1) is 0 Å². The summed E-state index contributed by atoms with van der Waals surface area (Å²) in [6.45, 7) is 0.762. The molecular weight excluding hydrogens is 268 g/mol. The summed E-state index contributed by atoms with van der Waals surface area (Å²) in [6.07, 6.45) is 3.03. The van der Waals surface area contributed by atoms with Crippen molar-refractivity contribution in [3.8, 4) is 10.4 Å². The molecule has 1 fully saturated rings. The van der Waals surface area contributed by atoms with Gasteiger partial charge in [-0.25, -0.2) is 0 Å². The van der Waals surface area contributed by atoms with Crippen LogP contribution in [0.4, 0.5) is 5.69 Å². The summed E-state index contributed by atoms with van der Waals surface area (Å²) in [5.41, 5.74) is 1.98. The minimum absolute atomic E-state index is 0.0714. The Hall–Kier alpha value is -1.65. The van der Waals surface area contributed by atoms with E-state index in [0.717, 1.165) is 17.8 Å². The molecule has 2 aromatic rings. The third-order valence-electron chi connectivity index (χ3n) is 3.35. The predicted octanol–water partition coefficient (Wildman–Crippen LogP) is 3.50. The summed E-state index contributed by atoms with van der Waals surface area (Å²) < 4.78 is 0. The van der Waals surface area contributed by atoms with Crippen molar-refractivity contribution in [2.75, 3.05) is 11.9 Å². The van der Waals surface area contributed by atoms with Gasteiger partial charge in [-0.1, -0.05) is 24.3 Å². The van der Waals surface area contributed by atoms with Gasteiger partial charge in [0.15, 0.2) is 0 Å². The second-order valence-electron chi connectivity index (χ2n) is 5.05. The van der Waals surface area contributed by atoms with Gasteiger partial charge in [-0.3, -0.25) is 4.79 Å². The second kappa shape index (κ2) is 6.20. The highest BCUT2D eigenvalue weighted by Crippen LogP contribution is 2.31. The molecule has 20 heavy (non-hydrogen) atoms. The van der Waals surface area contributed by atoms with Crippen molar-refractivity contribution in [2.45, 2.75) is 25.3 Å². The molecule has 0 spiro atoms. The lowest BCUT2D eigenvalue weighted by Crippen LogP contribution is -2.23. The Morgan fingerprint density at radius 1 is 1.20 bits per heavy atom. The smallest absolute Gasteiger partial charge is 0.225 e. The average Bonchev–Trinajstić information content (AvgIpc) is 3.11. The number of para-hydroxylation sites is 1. The molecule has 3 nitrogen and oxygen atoms in total. The molecule has 0 radical (unpaired) electrons. The molecule has 3 rings (SSSR count). The maximum absolute atomic E-state index is 12.0. The van der Waals surface area contributed by atoms with E-state index in [1.807, 2.05) is 35.7 Å². The van der Waals surface area contributed by atoms with Crippen LogP contribution in [0.1, 0.15) is 19.3 Å². The standard InChI is InChI=1S/C16H18N2OS/c19-16(9-10-17-12-7-8-12)18-14-5-2-1-4-13(14)15-6-3-11-20-15/h1-6,11-12,17H,7-10H2,(H,18,19). The van der Waals surface area contributed by atoms with Gasteiger partial charge < -0.3 is 10.6 Å². The van der Waals surface area contributed by atoms with Crippen molar-refractivity contribution < 1.29 is 4.79 Å². The van der Waals surface area contributed by atoms with Crippen molar-refractivity contribution in [1.82, 2.24) is 5.32 Å². The Labute approximate surface area is 123 Å². The summed E-state index contributed by atoms with van der Waals surface area (Å²) >= 11 is 1.68. The van der Waals surface area contributed by atoms with E-state index >= 15 is 0 Å². The van der Waals surface area contributed by atoms with Crippen molar-refractivity contribution in [3.63, 3.8) is 0 Å². The Balaban J connectivity index is 1.62. The number of thiophene rings is 1. The van der Waals surface area contributed by atoms with E-state index in [4.69, 9.17) is 0 Å². The van der Waals surface area contributed by atoms with Gasteiger partial charge in [0.2, 0.25) is 5.91 Å². The predicted molar refractivity (Wildman–Crippen MR) is 84.0 cm³/mol. The first kappa shape index (κ1) is 13.3. The Morgan fingerprint density at radius 3 is 2.80 bits per heavy atom. The molecule has 0 saturated heterocycles. The summed E-state index contributed by atoms with van der Waals surface area (Å²) in [5, 5.41) is 8.43. The van der Waals surface area contributed by atoms with Crippen LogP contribution in [0.3, 0.4) is 0 Å². The van der Waals surface area contributed by atoms with Crippen LogP contribution < -0.4 is 10.6 Å². The van der Waals surface area contributed by atoms with E-state index in [0.29, 0.717) is 12.5 Å². The lowest BCUT2D eigenvalue weighted by atomic mass is 10.1. The van der Waals surface area contributed by atoms with Gasteiger partial charge in [-0.15, -0.1) is 11.3 Å². The van der Waals surface area contributed by atoms with Crippen LogP contribution in [-0.2, 0) is 4.79 Å². The van der Waals surface area contributed by atoms with E-state index in [2.05, 4.69) is 16.7 Å². The van der Waals surface area contributed by atoms with Gasteiger partial charge in [-0.2, -0.15) is 0 Å². The third kappa shape index (κ3) is 3.46. The highest BCUT2D eigenvalue weighted by atomic mass is 32.1. The van der Waals surface area contributed by atoms with Crippen LogP contribution >= 0.6 is 11.3 Å². The van der Waals surface area contributed by atoms with Gasteiger partial charge in [0.1, 0.15) is 0 Å². The van der Waals surface area contributed by atoms with Gasteiger partial charge in [0, 0.05) is 35.1 Å². The summed E-state index contributed by atoms with van der Waals surface area (Å²) in [7, 11) is 0. The zero-order valence-electron chi connectivity index (χ0n) is 11.3. The SMILES string of the molecule is O=C(CCNC1CC1)Nc1ccccc1-c1cccs1. The van der Waals surface area contributed by atoms with Crippen LogP contribution in [0.15, 0.2) is 41.8 Å². The molecule has 2 N–H and O–H groups in total. The van der Waals surface area contributed by atoms with E-state index < -0.39 is 0 Å². The molecule has 0 unspecified atom stereocenters. The Kier molecular flexibility index (Phi) is 4.14. The van der Waals surface area contributed by atoms with Gasteiger partial charge >= 0.3 is 0 Å². The van der Waals surface area contributed by atoms with Gasteiger partial charge in [-0.05, 0) is 30.4 Å². The average molecular weight is 286 g/mol.